The van der Waals surface area contributed by atoms with E-state index in [0.717, 1.165) is 60.6 Å². The molecule has 1 fully saturated rings. The predicted octanol–water partition coefficient (Wildman–Crippen LogP) is 6.49. The Morgan fingerprint density at radius 3 is 2.26 bits per heavy atom. The van der Waals surface area contributed by atoms with Gasteiger partial charge in [0.05, 0.1) is 36.8 Å². The van der Waals surface area contributed by atoms with Crippen molar-refractivity contribution < 1.29 is 19.4 Å². The molecule has 1 atom stereocenters. The van der Waals surface area contributed by atoms with Crippen LogP contribution in [-0.2, 0) is 21.5 Å². The van der Waals surface area contributed by atoms with E-state index in [1.54, 1.807) is 9.58 Å². The van der Waals surface area contributed by atoms with Gasteiger partial charge in [-0.2, -0.15) is 5.10 Å². The van der Waals surface area contributed by atoms with Crippen molar-refractivity contribution in [2.45, 2.75) is 38.8 Å². The lowest BCUT2D eigenvalue weighted by molar-refractivity contribution is -0.126. The summed E-state index contributed by atoms with van der Waals surface area (Å²) in [7, 11) is 0. The van der Waals surface area contributed by atoms with E-state index < -0.39 is 12.0 Å². The van der Waals surface area contributed by atoms with Crippen LogP contribution in [0.15, 0.2) is 103 Å². The Balaban J connectivity index is 1.36. The van der Waals surface area contributed by atoms with Gasteiger partial charge in [0.1, 0.15) is 12.4 Å². The number of hydrogen-bond acceptors (Lipinski definition) is 6. The van der Waals surface area contributed by atoms with Crippen LogP contribution in [-0.4, -0.2) is 65.1 Å². The van der Waals surface area contributed by atoms with Crippen LogP contribution in [0, 0.1) is 0 Å². The van der Waals surface area contributed by atoms with Crippen molar-refractivity contribution in [1.82, 2.24) is 14.7 Å². The lowest BCUT2D eigenvalue weighted by atomic mass is 9.92. The maximum Gasteiger partial charge on any atom is 0.266 e. The van der Waals surface area contributed by atoms with E-state index in [9.17, 15) is 9.90 Å². The average molecular weight is 619 g/mol. The zero-order chi connectivity index (χ0) is 32.1. The highest BCUT2D eigenvalue weighted by atomic mass is 16.5. The lowest BCUT2D eigenvalue weighted by Gasteiger charge is -2.28. The van der Waals surface area contributed by atoms with Gasteiger partial charge in [-0.15, -0.1) is 0 Å². The highest BCUT2D eigenvalue weighted by molar-refractivity contribution is 6.11. The molecule has 0 bridgehead atoms. The number of amides is 1. The first kappa shape index (κ1) is 31.5. The predicted molar refractivity (Wildman–Crippen MR) is 182 cm³/mol. The molecule has 0 saturated carbocycles. The molecule has 1 aliphatic heterocycles. The number of morpholine rings is 1. The fraction of sp³-hybridized carbons (Fsp3) is 0.316. The Morgan fingerprint density at radius 2 is 1.57 bits per heavy atom. The van der Waals surface area contributed by atoms with Crippen LogP contribution in [0.3, 0.4) is 0 Å². The summed E-state index contributed by atoms with van der Waals surface area (Å²) in [6.07, 6.45) is -1.46. The van der Waals surface area contributed by atoms with Gasteiger partial charge in [-0.05, 0) is 35.9 Å². The highest BCUT2D eigenvalue weighted by Gasteiger charge is 2.32. The number of carbonyl (C=O) groups excluding carboxylic acids is 1. The number of nitrogens with zero attached hydrogens (tertiary/aromatic N) is 4. The molecule has 1 saturated heterocycles. The Kier molecular flexibility index (Phi) is 9.49. The highest BCUT2D eigenvalue weighted by Crippen LogP contribution is 2.39. The van der Waals surface area contributed by atoms with E-state index in [0.29, 0.717) is 30.2 Å². The smallest absolute Gasteiger partial charge is 0.266 e. The normalized spacial score (nSPS) is 14.7. The van der Waals surface area contributed by atoms with Gasteiger partial charge in [-0.3, -0.25) is 19.3 Å². The van der Waals surface area contributed by atoms with Crippen molar-refractivity contribution in [2.75, 3.05) is 44.4 Å². The number of aliphatic hydroxyl groups excluding tert-OH is 1. The molecule has 2 heterocycles. The summed E-state index contributed by atoms with van der Waals surface area (Å²) in [4.78, 5) is 18.5. The summed E-state index contributed by atoms with van der Waals surface area (Å²) >= 11 is 0. The van der Waals surface area contributed by atoms with Crippen LogP contribution in [0.25, 0.3) is 10.8 Å². The Morgan fingerprint density at radius 1 is 0.913 bits per heavy atom. The molecule has 0 radical (unpaired) electrons. The maximum atomic E-state index is 14.6. The van der Waals surface area contributed by atoms with Crippen molar-refractivity contribution in [1.29, 1.82) is 0 Å². The second-order valence-electron chi connectivity index (χ2n) is 12.7. The van der Waals surface area contributed by atoms with Crippen LogP contribution >= 0.6 is 0 Å². The summed E-state index contributed by atoms with van der Waals surface area (Å²) in [6.45, 7) is 11.3. The molecule has 8 nitrogen and oxygen atoms in total. The van der Waals surface area contributed by atoms with Crippen LogP contribution in [0.5, 0.6) is 5.75 Å². The molecule has 5 aromatic rings. The van der Waals surface area contributed by atoms with Crippen molar-refractivity contribution in [3.8, 4) is 5.75 Å². The van der Waals surface area contributed by atoms with E-state index in [-0.39, 0.29) is 5.41 Å². The number of hydrogen-bond donors (Lipinski definition) is 1. The molecule has 238 valence electrons. The third-order valence-electron chi connectivity index (χ3n) is 8.37. The zero-order valence-electron chi connectivity index (χ0n) is 26.8. The molecule has 1 N–H and O–H groups in total. The number of aliphatic hydroxyl groups is 1. The Hall–Kier alpha value is -4.50. The summed E-state index contributed by atoms with van der Waals surface area (Å²) in [5.41, 5.74) is 3.33. The van der Waals surface area contributed by atoms with E-state index >= 15 is 0 Å². The number of carbonyl (C=O) groups is 1. The third kappa shape index (κ3) is 6.99. The van der Waals surface area contributed by atoms with Gasteiger partial charge in [-0.25, -0.2) is 0 Å². The van der Waals surface area contributed by atoms with Crippen molar-refractivity contribution >= 4 is 28.1 Å². The maximum absolute atomic E-state index is 14.6. The number of rotatable bonds is 10. The standard InChI is InChI=1S/C38H42N4O4/c1-38(2,3)35-26-33(41(39-35)27-28-12-6-4-7-13-28)36(43)37(44)42(29-14-8-5-9-15-29)32-18-19-34(31-17-11-10-16-30(31)32)46-25-22-40-20-23-45-24-21-40/h4-19,26,36,43H,20-25,27H2,1-3H3. The quantitative estimate of drug-likeness (QED) is 0.193. The van der Waals surface area contributed by atoms with Crippen LogP contribution in [0.4, 0.5) is 11.4 Å². The number of anilines is 2. The van der Waals surface area contributed by atoms with E-state index in [1.165, 1.54) is 0 Å². The largest absolute Gasteiger partial charge is 0.492 e. The molecular formula is C38H42N4O4. The molecule has 6 rings (SSSR count). The minimum atomic E-state index is -1.46. The second-order valence-corrected chi connectivity index (χ2v) is 12.7. The monoisotopic (exact) mass is 618 g/mol. The first-order valence-electron chi connectivity index (χ1n) is 15.9. The van der Waals surface area contributed by atoms with Crippen LogP contribution in [0.2, 0.25) is 0 Å². The van der Waals surface area contributed by atoms with Crippen molar-refractivity contribution in [3.05, 3.63) is 120 Å². The van der Waals surface area contributed by atoms with Crippen LogP contribution in [0.1, 0.15) is 43.8 Å². The summed E-state index contributed by atoms with van der Waals surface area (Å²) in [5.74, 6) is 0.288. The zero-order valence-corrected chi connectivity index (χ0v) is 26.8. The molecule has 1 aromatic heterocycles. The van der Waals surface area contributed by atoms with Gasteiger partial charge in [0.25, 0.3) is 5.91 Å². The molecule has 8 heteroatoms. The van der Waals surface area contributed by atoms with E-state index in [1.807, 2.05) is 103 Å². The molecule has 0 spiro atoms. The number of fused-ring (bicyclic) bond motifs is 1. The molecule has 1 unspecified atom stereocenters. The minimum absolute atomic E-state index is 0.271. The molecule has 46 heavy (non-hydrogen) atoms. The van der Waals surface area contributed by atoms with E-state index in [2.05, 4.69) is 25.7 Å². The first-order valence-corrected chi connectivity index (χ1v) is 15.9. The van der Waals surface area contributed by atoms with Gasteiger partial charge in [0, 0.05) is 41.5 Å². The second kappa shape index (κ2) is 13.9. The molecular weight excluding hydrogens is 576 g/mol. The number of para-hydroxylation sites is 1. The van der Waals surface area contributed by atoms with Gasteiger partial charge in [0.2, 0.25) is 0 Å². The summed E-state index contributed by atoms with van der Waals surface area (Å²) in [6, 6.07) is 33.0. The van der Waals surface area contributed by atoms with Gasteiger partial charge < -0.3 is 14.6 Å². The Bertz CT molecular complexity index is 1760. The lowest BCUT2D eigenvalue weighted by Crippen LogP contribution is -2.38. The minimum Gasteiger partial charge on any atom is -0.492 e. The summed E-state index contributed by atoms with van der Waals surface area (Å²) in [5, 5.41) is 18.5. The fourth-order valence-corrected chi connectivity index (χ4v) is 5.80. The SMILES string of the molecule is CC(C)(C)c1cc(C(O)C(=O)N(c2ccccc2)c2ccc(OCCN3CCOCC3)c3ccccc23)n(Cc2ccccc2)n1. The first-order chi connectivity index (χ1) is 22.3. The molecule has 1 aliphatic rings. The van der Waals surface area contributed by atoms with Crippen LogP contribution < -0.4 is 9.64 Å². The van der Waals surface area contributed by atoms with Crippen molar-refractivity contribution in [3.63, 3.8) is 0 Å². The molecule has 0 aliphatic carbocycles. The third-order valence-corrected chi connectivity index (χ3v) is 8.37. The van der Waals surface area contributed by atoms with E-state index in [4.69, 9.17) is 14.6 Å². The Labute approximate surface area is 270 Å². The number of ether oxygens (including phenoxy) is 2. The van der Waals surface area contributed by atoms with Gasteiger partial charge >= 0.3 is 0 Å². The number of benzene rings is 4. The summed E-state index contributed by atoms with van der Waals surface area (Å²) < 4.78 is 13.5. The average Bonchev–Trinajstić information content (AvgIpc) is 3.51. The van der Waals surface area contributed by atoms with Gasteiger partial charge in [0.15, 0.2) is 6.10 Å². The molecule has 4 aromatic carbocycles. The topological polar surface area (TPSA) is 80.1 Å². The van der Waals surface area contributed by atoms with Crippen molar-refractivity contribution in [2.24, 2.45) is 0 Å². The molecule has 1 amide bonds. The fourth-order valence-electron chi connectivity index (χ4n) is 5.80. The van der Waals surface area contributed by atoms with Gasteiger partial charge in [-0.1, -0.05) is 93.6 Å². The number of aromatic nitrogens is 2.